The van der Waals surface area contributed by atoms with Crippen LogP contribution in [0.3, 0.4) is 0 Å². The Morgan fingerprint density at radius 1 is 1.54 bits per heavy atom. The normalized spacial score (nSPS) is 13.2. The van der Waals surface area contributed by atoms with E-state index in [4.69, 9.17) is 4.74 Å². The van der Waals surface area contributed by atoms with Crippen LogP contribution < -0.4 is 0 Å². The van der Waals surface area contributed by atoms with Gasteiger partial charge in [0.2, 0.25) is 0 Å². The molecule has 2 nitrogen and oxygen atoms in total. The molecule has 0 aliphatic heterocycles. The first-order valence-electron chi connectivity index (χ1n) is 4.61. The lowest BCUT2D eigenvalue weighted by Gasteiger charge is -2.10. The first kappa shape index (κ1) is 10.7. The summed E-state index contributed by atoms with van der Waals surface area (Å²) in [4.78, 5) is 1.05. The van der Waals surface area contributed by atoms with Crippen LogP contribution in [0.15, 0.2) is 11.4 Å². The van der Waals surface area contributed by atoms with E-state index in [1.807, 2.05) is 12.3 Å². The highest BCUT2D eigenvalue weighted by Gasteiger charge is 2.12. The fourth-order valence-electron chi connectivity index (χ4n) is 1.24. The van der Waals surface area contributed by atoms with Crippen LogP contribution in [0.25, 0.3) is 0 Å². The van der Waals surface area contributed by atoms with Gasteiger partial charge >= 0.3 is 0 Å². The highest BCUT2D eigenvalue weighted by atomic mass is 32.1. The highest BCUT2D eigenvalue weighted by molar-refractivity contribution is 7.10. The lowest BCUT2D eigenvalue weighted by molar-refractivity contribution is 0.0435. The molecule has 0 amide bonds. The van der Waals surface area contributed by atoms with Gasteiger partial charge in [-0.3, -0.25) is 0 Å². The van der Waals surface area contributed by atoms with Crippen molar-refractivity contribution in [2.75, 3.05) is 13.2 Å². The number of aryl methyl sites for hydroxylation is 1. The van der Waals surface area contributed by atoms with Crippen molar-refractivity contribution in [1.29, 1.82) is 0 Å². The van der Waals surface area contributed by atoms with Crippen LogP contribution in [0.4, 0.5) is 0 Å². The molecule has 3 heteroatoms. The summed E-state index contributed by atoms with van der Waals surface area (Å²) in [5, 5.41) is 11.8. The van der Waals surface area contributed by atoms with Crippen LogP contribution in [0.2, 0.25) is 0 Å². The van der Waals surface area contributed by atoms with Crippen molar-refractivity contribution >= 4 is 11.3 Å². The Morgan fingerprint density at radius 3 is 2.92 bits per heavy atom. The van der Waals surface area contributed by atoms with Crippen LogP contribution >= 0.6 is 11.3 Å². The molecule has 1 unspecified atom stereocenters. The zero-order chi connectivity index (χ0) is 9.68. The summed E-state index contributed by atoms with van der Waals surface area (Å²) in [6, 6.07) is 2.06. The Balaban J connectivity index is 2.59. The largest absolute Gasteiger partial charge is 0.385 e. The van der Waals surface area contributed by atoms with Crippen molar-refractivity contribution in [3.05, 3.63) is 21.9 Å². The third-order valence-corrected chi connectivity index (χ3v) is 3.00. The van der Waals surface area contributed by atoms with Crippen molar-refractivity contribution in [3.8, 4) is 0 Å². The SMILES string of the molecule is CCOCC(O)c1sccc1CC. The minimum Gasteiger partial charge on any atom is -0.385 e. The number of ether oxygens (including phenoxy) is 1. The standard InChI is InChI=1S/C10H16O2S/c1-3-8-5-6-13-10(8)9(11)7-12-4-2/h5-6,9,11H,3-4,7H2,1-2H3. The second kappa shape index (κ2) is 5.37. The molecule has 13 heavy (non-hydrogen) atoms. The number of thiophene rings is 1. The van der Waals surface area contributed by atoms with Gasteiger partial charge in [0.05, 0.1) is 6.61 Å². The van der Waals surface area contributed by atoms with Crippen molar-refractivity contribution in [1.82, 2.24) is 0 Å². The van der Waals surface area contributed by atoms with E-state index in [0.717, 1.165) is 11.3 Å². The molecule has 1 N–H and O–H groups in total. The summed E-state index contributed by atoms with van der Waals surface area (Å²) in [7, 11) is 0. The summed E-state index contributed by atoms with van der Waals surface area (Å²) >= 11 is 1.60. The summed E-state index contributed by atoms with van der Waals surface area (Å²) < 4.78 is 5.18. The molecule has 0 spiro atoms. The quantitative estimate of drug-likeness (QED) is 0.790. The first-order valence-corrected chi connectivity index (χ1v) is 5.49. The molecular weight excluding hydrogens is 184 g/mol. The maximum Gasteiger partial charge on any atom is 0.112 e. The average molecular weight is 200 g/mol. The van der Waals surface area contributed by atoms with Crippen molar-refractivity contribution in [2.24, 2.45) is 0 Å². The predicted molar refractivity (Wildman–Crippen MR) is 55.1 cm³/mol. The van der Waals surface area contributed by atoms with Gasteiger partial charge in [-0.2, -0.15) is 0 Å². The maximum atomic E-state index is 9.74. The number of hydrogen-bond donors (Lipinski definition) is 1. The van der Waals surface area contributed by atoms with E-state index < -0.39 is 6.10 Å². The minimum atomic E-state index is -0.449. The van der Waals surface area contributed by atoms with Gasteiger partial charge in [0.25, 0.3) is 0 Å². The summed E-state index contributed by atoms with van der Waals surface area (Å²) in [6.07, 6.45) is 0.525. The van der Waals surface area contributed by atoms with Gasteiger partial charge in [-0.1, -0.05) is 6.92 Å². The second-order valence-electron chi connectivity index (χ2n) is 2.84. The van der Waals surface area contributed by atoms with E-state index in [0.29, 0.717) is 13.2 Å². The number of aliphatic hydroxyl groups excluding tert-OH is 1. The fourth-order valence-corrected chi connectivity index (χ4v) is 2.20. The van der Waals surface area contributed by atoms with Crippen molar-refractivity contribution < 1.29 is 9.84 Å². The van der Waals surface area contributed by atoms with Gasteiger partial charge in [0, 0.05) is 11.5 Å². The van der Waals surface area contributed by atoms with Crippen LogP contribution in [-0.4, -0.2) is 18.3 Å². The Bertz CT molecular complexity index is 245. The lowest BCUT2D eigenvalue weighted by atomic mass is 10.1. The van der Waals surface area contributed by atoms with E-state index >= 15 is 0 Å². The molecular formula is C10H16O2S. The Hall–Kier alpha value is -0.380. The molecule has 1 aromatic rings. The maximum absolute atomic E-state index is 9.74. The van der Waals surface area contributed by atoms with Gasteiger partial charge in [-0.15, -0.1) is 11.3 Å². The molecule has 0 fully saturated rings. The van der Waals surface area contributed by atoms with E-state index in [2.05, 4.69) is 13.0 Å². The average Bonchev–Trinajstić information content (AvgIpc) is 2.61. The van der Waals surface area contributed by atoms with Crippen molar-refractivity contribution in [3.63, 3.8) is 0 Å². The van der Waals surface area contributed by atoms with Crippen LogP contribution in [0.5, 0.6) is 0 Å². The number of hydrogen-bond acceptors (Lipinski definition) is 3. The van der Waals surface area contributed by atoms with Gasteiger partial charge in [-0.25, -0.2) is 0 Å². The van der Waals surface area contributed by atoms with E-state index in [1.54, 1.807) is 11.3 Å². The summed E-state index contributed by atoms with van der Waals surface area (Å²) in [5.74, 6) is 0. The molecule has 0 aromatic carbocycles. The van der Waals surface area contributed by atoms with Crippen LogP contribution in [-0.2, 0) is 11.2 Å². The summed E-state index contributed by atoms with van der Waals surface area (Å²) in [5.41, 5.74) is 1.23. The third-order valence-electron chi connectivity index (χ3n) is 1.94. The Labute approximate surface area is 83.2 Å². The molecule has 0 radical (unpaired) electrons. The predicted octanol–water partition coefficient (Wildman–Crippen LogP) is 2.38. The summed E-state index contributed by atoms with van der Waals surface area (Å²) in [6.45, 7) is 5.09. The van der Waals surface area contributed by atoms with E-state index in [1.165, 1.54) is 5.56 Å². The van der Waals surface area contributed by atoms with Gasteiger partial charge in [0.15, 0.2) is 0 Å². The molecule has 0 aliphatic carbocycles. The van der Waals surface area contributed by atoms with Gasteiger partial charge in [-0.05, 0) is 30.4 Å². The Kier molecular flexibility index (Phi) is 4.42. The first-order chi connectivity index (χ1) is 6.29. The third kappa shape index (κ3) is 2.79. The Morgan fingerprint density at radius 2 is 2.31 bits per heavy atom. The van der Waals surface area contributed by atoms with E-state index in [-0.39, 0.29) is 0 Å². The second-order valence-corrected chi connectivity index (χ2v) is 3.79. The number of rotatable bonds is 5. The topological polar surface area (TPSA) is 29.5 Å². The monoisotopic (exact) mass is 200 g/mol. The highest BCUT2D eigenvalue weighted by Crippen LogP contribution is 2.24. The van der Waals surface area contributed by atoms with Gasteiger partial charge in [0.1, 0.15) is 6.10 Å². The van der Waals surface area contributed by atoms with E-state index in [9.17, 15) is 5.11 Å². The zero-order valence-corrected chi connectivity index (χ0v) is 8.93. The van der Waals surface area contributed by atoms with Crippen molar-refractivity contribution in [2.45, 2.75) is 26.4 Å². The molecule has 1 aromatic heterocycles. The molecule has 0 aliphatic rings. The minimum absolute atomic E-state index is 0.407. The van der Waals surface area contributed by atoms with Crippen LogP contribution in [0.1, 0.15) is 30.4 Å². The molecule has 1 rings (SSSR count). The molecule has 1 heterocycles. The fraction of sp³-hybridized carbons (Fsp3) is 0.600. The van der Waals surface area contributed by atoms with Gasteiger partial charge < -0.3 is 9.84 Å². The molecule has 74 valence electrons. The molecule has 0 bridgehead atoms. The molecule has 0 saturated heterocycles. The zero-order valence-electron chi connectivity index (χ0n) is 8.12. The lowest BCUT2D eigenvalue weighted by Crippen LogP contribution is -2.06. The smallest absolute Gasteiger partial charge is 0.112 e. The molecule has 0 saturated carbocycles. The number of aliphatic hydroxyl groups is 1. The van der Waals surface area contributed by atoms with Crippen LogP contribution in [0, 0.1) is 0 Å². The molecule has 1 atom stereocenters.